The number of aliphatic hydroxyl groups is 1. The minimum absolute atomic E-state index is 0.0532. The number of benzene rings is 1. The molecule has 14 heavy (non-hydrogen) atoms. The molecule has 1 atom stereocenters. The van der Waals surface area contributed by atoms with Crippen molar-refractivity contribution in [3.63, 3.8) is 0 Å². The van der Waals surface area contributed by atoms with Crippen molar-refractivity contribution >= 4 is 0 Å². The van der Waals surface area contributed by atoms with E-state index in [0.29, 0.717) is 0 Å². The van der Waals surface area contributed by atoms with Crippen molar-refractivity contribution in [2.24, 2.45) is 5.73 Å². The second-order valence-electron chi connectivity index (χ2n) is 2.77. The average molecular weight is 201 g/mol. The second-order valence-corrected chi connectivity index (χ2v) is 2.77. The highest BCUT2D eigenvalue weighted by Gasteiger charge is 2.17. The first-order valence-electron chi connectivity index (χ1n) is 4.05. The Hall–Kier alpha value is -1.33. The van der Waals surface area contributed by atoms with Gasteiger partial charge in [-0.15, -0.1) is 0 Å². The topological polar surface area (TPSA) is 75.7 Å². The molecule has 0 fully saturated rings. The highest BCUT2D eigenvalue weighted by Crippen LogP contribution is 2.35. The van der Waals surface area contributed by atoms with Gasteiger partial charge in [0.1, 0.15) is 0 Å². The summed E-state index contributed by atoms with van der Waals surface area (Å²) in [6.45, 7) is -0.0532. The largest absolute Gasteiger partial charge is 0.504 e. The zero-order valence-corrected chi connectivity index (χ0v) is 7.70. The van der Waals surface area contributed by atoms with E-state index in [1.165, 1.54) is 13.2 Å². The minimum Gasteiger partial charge on any atom is -0.504 e. The van der Waals surface area contributed by atoms with E-state index in [4.69, 9.17) is 5.73 Å². The molecule has 1 aromatic carbocycles. The summed E-state index contributed by atoms with van der Waals surface area (Å²) in [4.78, 5) is 0. The van der Waals surface area contributed by atoms with Crippen molar-refractivity contribution in [3.8, 4) is 11.5 Å². The van der Waals surface area contributed by atoms with Crippen LogP contribution in [0.1, 0.15) is 11.7 Å². The molecule has 4 N–H and O–H groups in total. The number of phenolic OH excluding ortho intramolecular Hbond substituents is 1. The zero-order chi connectivity index (χ0) is 10.7. The first kappa shape index (κ1) is 10.7. The fourth-order valence-electron chi connectivity index (χ4n) is 1.15. The van der Waals surface area contributed by atoms with Crippen LogP contribution < -0.4 is 10.5 Å². The maximum absolute atomic E-state index is 13.0. The van der Waals surface area contributed by atoms with Crippen LogP contribution >= 0.6 is 0 Å². The maximum Gasteiger partial charge on any atom is 0.196 e. The number of ether oxygens (including phenoxy) is 1. The van der Waals surface area contributed by atoms with E-state index in [1.807, 2.05) is 0 Å². The third kappa shape index (κ3) is 1.78. The van der Waals surface area contributed by atoms with Crippen LogP contribution in [0, 0.1) is 5.82 Å². The van der Waals surface area contributed by atoms with Gasteiger partial charge in [0, 0.05) is 12.1 Å². The van der Waals surface area contributed by atoms with Gasteiger partial charge in [-0.1, -0.05) is 0 Å². The van der Waals surface area contributed by atoms with Gasteiger partial charge in [-0.2, -0.15) is 0 Å². The van der Waals surface area contributed by atoms with Crippen LogP contribution in [0.4, 0.5) is 4.39 Å². The molecule has 0 saturated carbocycles. The Balaban J connectivity index is 3.21. The Morgan fingerprint density at radius 2 is 2.21 bits per heavy atom. The number of methoxy groups -OCH3 is 1. The highest BCUT2D eigenvalue weighted by molar-refractivity contribution is 5.47. The Morgan fingerprint density at radius 3 is 2.71 bits per heavy atom. The summed E-state index contributed by atoms with van der Waals surface area (Å²) in [7, 11) is 1.23. The molecule has 0 aliphatic rings. The molecule has 78 valence electrons. The summed E-state index contributed by atoms with van der Waals surface area (Å²) in [6.07, 6.45) is -1.02. The molecule has 0 aliphatic heterocycles. The standard InChI is InChI=1S/C9H12FNO3/c1-14-9-6(10)3-2-5(8(9)13)7(12)4-11/h2-3,7,12-13H,4,11H2,1H3. The molecule has 0 bridgehead atoms. The lowest BCUT2D eigenvalue weighted by molar-refractivity contribution is 0.181. The smallest absolute Gasteiger partial charge is 0.196 e. The van der Waals surface area contributed by atoms with Gasteiger partial charge in [0.15, 0.2) is 17.3 Å². The molecule has 0 spiro atoms. The van der Waals surface area contributed by atoms with Crippen molar-refractivity contribution in [1.29, 1.82) is 0 Å². The van der Waals surface area contributed by atoms with Gasteiger partial charge >= 0.3 is 0 Å². The van der Waals surface area contributed by atoms with Crippen molar-refractivity contribution in [1.82, 2.24) is 0 Å². The molecule has 1 unspecified atom stereocenters. The molecule has 0 aromatic heterocycles. The minimum atomic E-state index is -1.02. The predicted octanol–water partition coefficient (Wildman–Crippen LogP) is 0.532. The molecule has 0 heterocycles. The summed E-state index contributed by atoms with van der Waals surface area (Å²) in [5.41, 5.74) is 5.36. The SMILES string of the molecule is COc1c(F)ccc(C(O)CN)c1O. The van der Waals surface area contributed by atoms with Crippen LogP contribution in [0.2, 0.25) is 0 Å². The Labute approximate surface area is 80.7 Å². The molecule has 0 saturated heterocycles. The van der Waals surface area contributed by atoms with E-state index in [-0.39, 0.29) is 17.9 Å². The van der Waals surface area contributed by atoms with Crippen molar-refractivity contribution in [3.05, 3.63) is 23.5 Å². The Morgan fingerprint density at radius 1 is 1.57 bits per heavy atom. The van der Waals surface area contributed by atoms with E-state index >= 15 is 0 Å². The maximum atomic E-state index is 13.0. The van der Waals surface area contributed by atoms with Gasteiger partial charge in [-0.05, 0) is 12.1 Å². The number of aliphatic hydroxyl groups excluding tert-OH is 1. The molecule has 0 radical (unpaired) electrons. The summed E-state index contributed by atoms with van der Waals surface area (Å²) >= 11 is 0. The fourth-order valence-corrected chi connectivity index (χ4v) is 1.15. The van der Waals surface area contributed by atoms with Crippen LogP contribution in [0.3, 0.4) is 0 Å². The summed E-state index contributed by atoms with van der Waals surface area (Å²) < 4.78 is 17.6. The van der Waals surface area contributed by atoms with Crippen LogP contribution in [-0.2, 0) is 0 Å². The summed E-state index contributed by atoms with van der Waals surface area (Å²) in [6, 6.07) is 2.37. The molecule has 1 aromatic rings. The number of hydrogen-bond acceptors (Lipinski definition) is 4. The monoisotopic (exact) mass is 201 g/mol. The van der Waals surface area contributed by atoms with Crippen LogP contribution in [0.25, 0.3) is 0 Å². The molecular weight excluding hydrogens is 189 g/mol. The van der Waals surface area contributed by atoms with Gasteiger partial charge in [0.05, 0.1) is 13.2 Å². The Bertz CT molecular complexity index is 330. The number of aromatic hydroxyl groups is 1. The first-order valence-corrected chi connectivity index (χ1v) is 4.05. The van der Waals surface area contributed by atoms with Crippen LogP contribution in [0.15, 0.2) is 12.1 Å². The molecule has 1 rings (SSSR count). The van der Waals surface area contributed by atoms with Crippen molar-refractivity contribution < 1.29 is 19.3 Å². The summed E-state index contributed by atoms with van der Waals surface area (Å²) in [5, 5.41) is 18.8. The lowest BCUT2D eigenvalue weighted by Crippen LogP contribution is -2.12. The van der Waals surface area contributed by atoms with Gasteiger partial charge in [-0.3, -0.25) is 0 Å². The Kier molecular flexibility index (Phi) is 3.27. The van der Waals surface area contributed by atoms with E-state index in [2.05, 4.69) is 4.74 Å². The zero-order valence-electron chi connectivity index (χ0n) is 7.70. The molecule has 0 aliphatic carbocycles. The highest BCUT2D eigenvalue weighted by atomic mass is 19.1. The number of hydrogen-bond donors (Lipinski definition) is 3. The normalized spacial score (nSPS) is 12.6. The molecular formula is C9H12FNO3. The van der Waals surface area contributed by atoms with Gasteiger partial charge < -0.3 is 20.7 Å². The van der Waals surface area contributed by atoms with Crippen LogP contribution in [0.5, 0.6) is 11.5 Å². The number of phenols is 1. The first-order chi connectivity index (χ1) is 6.61. The molecule has 0 amide bonds. The van der Waals surface area contributed by atoms with E-state index < -0.39 is 17.7 Å². The van der Waals surface area contributed by atoms with Gasteiger partial charge in [-0.25, -0.2) is 4.39 Å². The predicted molar refractivity (Wildman–Crippen MR) is 48.6 cm³/mol. The van der Waals surface area contributed by atoms with Gasteiger partial charge in [0.25, 0.3) is 0 Å². The fraction of sp³-hybridized carbons (Fsp3) is 0.333. The lowest BCUT2D eigenvalue weighted by Gasteiger charge is -2.13. The van der Waals surface area contributed by atoms with Crippen LogP contribution in [-0.4, -0.2) is 23.9 Å². The van der Waals surface area contributed by atoms with E-state index in [0.717, 1.165) is 6.07 Å². The summed E-state index contributed by atoms with van der Waals surface area (Å²) in [5.74, 6) is -1.38. The third-order valence-electron chi connectivity index (χ3n) is 1.90. The average Bonchev–Trinajstić information content (AvgIpc) is 2.18. The number of halogens is 1. The molecule has 5 heteroatoms. The third-order valence-corrected chi connectivity index (χ3v) is 1.90. The van der Waals surface area contributed by atoms with E-state index in [1.54, 1.807) is 0 Å². The molecule has 4 nitrogen and oxygen atoms in total. The number of nitrogens with two attached hydrogens (primary N) is 1. The number of rotatable bonds is 3. The second kappa shape index (κ2) is 4.26. The van der Waals surface area contributed by atoms with Crippen molar-refractivity contribution in [2.45, 2.75) is 6.10 Å². The quantitative estimate of drug-likeness (QED) is 0.666. The van der Waals surface area contributed by atoms with E-state index in [9.17, 15) is 14.6 Å². The van der Waals surface area contributed by atoms with Gasteiger partial charge in [0.2, 0.25) is 0 Å². The van der Waals surface area contributed by atoms with Crippen molar-refractivity contribution in [2.75, 3.05) is 13.7 Å². The lowest BCUT2D eigenvalue weighted by atomic mass is 10.1.